The van der Waals surface area contributed by atoms with E-state index in [-0.39, 0.29) is 5.91 Å². The summed E-state index contributed by atoms with van der Waals surface area (Å²) in [6.07, 6.45) is -0.493. The van der Waals surface area contributed by atoms with Crippen molar-refractivity contribution in [1.29, 1.82) is 0 Å². The summed E-state index contributed by atoms with van der Waals surface area (Å²) >= 11 is 0. The van der Waals surface area contributed by atoms with Crippen molar-refractivity contribution in [2.75, 3.05) is 25.4 Å². The summed E-state index contributed by atoms with van der Waals surface area (Å²) in [4.78, 5) is 14.1. The number of carbonyl (C=O) groups is 1. The van der Waals surface area contributed by atoms with Gasteiger partial charge in [-0.25, -0.2) is 0 Å². The quantitative estimate of drug-likeness (QED) is 0.794. The topological polar surface area (TPSA) is 67.6 Å². The number of hydrogen-bond donors (Lipinski definition) is 2. The fourth-order valence-corrected chi connectivity index (χ4v) is 2.23. The van der Waals surface area contributed by atoms with Crippen molar-refractivity contribution in [2.45, 2.75) is 26.0 Å². The Hall–Kier alpha value is -1.75. The zero-order valence-electron chi connectivity index (χ0n) is 11.4. The van der Waals surface area contributed by atoms with Crippen molar-refractivity contribution in [2.24, 2.45) is 0 Å². The molecule has 0 aromatic heterocycles. The summed E-state index contributed by atoms with van der Waals surface area (Å²) in [6.45, 7) is 6.14. The van der Waals surface area contributed by atoms with Crippen LogP contribution in [0.3, 0.4) is 0 Å². The van der Waals surface area contributed by atoms with Crippen molar-refractivity contribution in [1.82, 2.24) is 10.2 Å². The van der Waals surface area contributed by atoms with E-state index >= 15 is 0 Å². The molecule has 5 heteroatoms. The van der Waals surface area contributed by atoms with Gasteiger partial charge >= 0.3 is 0 Å². The second-order valence-corrected chi connectivity index (χ2v) is 4.97. The second-order valence-electron chi connectivity index (χ2n) is 4.97. The SMILES string of the molecule is C[C@@H]1CN(C(=O)[C@@H](C)Oc2cccc(N)c2)CCN1. The number of nitrogens with zero attached hydrogens (tertiary/aromatic N) is 1. The molecule has 0 bridgehead atoms. The molecular formula is C14H21N3O2. The van der Waals surface area contributed by atoms with Crippen LogP contribution in [-0.2, 0) is 4.79 Å². The molecule has 0 unspecified atom stereocenters. The molecule has 0 aliphatic carbocycles. The van der Waals surface area contributed by atoms with Crippen LogP contribution in [0, 0.1) is 0 Å². The lowest BCUT2D eigenvalue weighted by Crippen LogP contribution is -2.54. The highest BCUT2D eigenvalue weighted by atomic mass is 16.5. The van der Waals surface area contributed by atoms with Crippen LogP contribution < -0.4 is 15.8 Å². The largest absolute Gasteiger partial charge is 0.481 e. The van der Waals surface area contributed by atoms with Gasteiger partial charge in [0.15, 0.2) is 6.10 Å². The molecule has 1 fully saturated rings. The molecule has 0 radical (unpaired) electrons. The van der Waals surface area contributed by atoms with Gasteiger partial charge in [0.05, 0.1) is 0 Å². The monoisotopic (exact) mass is 263 g/mol. The van der Waals surface area contributed by atoms with Crippen LogP contribution in [0.5, 0.6) is 5.75 Å². The Labute approximate surface area is 113 Å². The molecule has 0 spiro atoms. The van der Waals surface area contributed by atoms with E-state index in [1.807, 2.05) is 11.0 Å². The maximum Gasteiger partial charge on any atom is 0.263 e. The lowest BCUT2D eigenvalue weighted by Gasteiger charge is -2.33. The lowest BCUT2D eigenvalue weighted by atomic mass is 10.2. The smallest absolute Gasteiger partial charge is 0.263 e. The Morgan fingerprint density at radius 1 is 1.58 bits per heavy atom. The second kappa shape index (κ2) is 5.93. The number of rotatable bonds is 3. The number of benzene rings is 1. The number of anilines is 1. The van der Waals surface area contributed by atoms with Crippen molar-refractivity contribution >= 4 is 11.6 Å². The van der Waals surface area contributed by atoms with Crippen LogP contribution in [0.4, 0.5) is 5.69 Å². The van der Waals surface area contributed by atoms with Gasteiger partial charge in [-0.1, -0.05) is 6.07 Å². The molecule has 1 amide bonds. The van der Waals surface area contributed by atoms with Gasteiger partial charge in [-0.05, 0) is 26.0 Å². The van der Waals surface area contributed by atoms with E-state index in [0.717, 1.165) is 19.6 Å². The van der Waals surface area contributed by atoms with Crippen molar-refractivity contribution < 1.29 is 9.53 Å². The Balaban J connectivity index is 1.95. The van der Waals surface area contributed by atoms with Crippen molar-refractivity contribution in [3.63, 3.8) is 0 Å². The van der Waals surface area contributed by atoms with E-state index in [9.17, 15) is 4.79 Å². The average molecular weight is 263 g/mol. The fraction of sp³-hybridized carbons (Fsp3) is 0.500. The summed E-state index contributed by atoms with van der Waals surface area (Å²) in [5, 5.41) is 3.31. The zero-order chi connectivity index (χ0) is 13.8. The molecule has 3 N–H and O–H groups in total. The highest BCUT2D eigenvalue weighted by Crippen LogP contribution is 2.17. The molecule has 1 aliphatic rings. The molecule has 5 nitrogen and oxygen atoms in total. The van der Waals surface area contributed by atoms with Gasteiger partial charge in [0.25, 0.3) is 5.91 Å². The van der Waals surface area contributed by atoms with Gasteiger partial charge in [0, 0.05) is 37.4 Å². The van der Waals surface area contributed by atoms with E-state index in [0.29, 0.717) is 17.5 Å². The number of ether oxygens (including phenoxy) is 1. The van der Waals surface area contributed by atoms with E-state index in [4.69, 9.17) is 10.5 Å². The van der Waals surface area contributed by atoms with Gasteiger partial charge in [-0.2, -0.15) is 0 Å². The number of carbonyl (C=O) groups excluding carboxylic acids is 1. The van der Waals surface area contributed by atoms with E-state index in [1.54, 1.807) is 25.1 Å². The summed E-state index contributed by atoms with van der Waals surface area (Å²) in [5.74, 6) is 0.653. The first-order valence-corrected chi connectivity index (χ1v) is 6.60. The summed E-state index contributed by atoms with van der Waals surface area (Å²) in [7, 11) is 0. The van der Waals surface area contributed by atoms with Crippen LogP contribution >= 0.6 is 0 Å². The molecule has 19 heavy (non-hydrogen) atoms. The normalized spacial score (nSPS) is 20.9. The first-order chi connectivity index (χ1) is 9.06. The van der Waals surface area contributed by atoms with E-state index < -0.39 is 6.10 Å². The van der Waals surface area contributed by atoms with E-state index in [2.05, 4.69) is 12.2 Å². The minimum Gasteiger partial charge on any atom is -0.481 e. The number of nitrogens with one attached hydrogen (secondary N) is 1. The predicted octanol–water partition coefficient (Wildman–Crippen LogP) is 0.856. The number of piperazine rings is 1. The molecule has 104 valence electrons. The van der Waals surface area contributed by atoms with Crippen LogP contribution in [0.1, 0.15) is 13.8 Å². The number of amides is 1. The third-order valence-corrected chi connectivity index (χ3v) is 3.20. The number of hydrogen-bond acceptors (Lipinski definition) is 4. The van der Waals surface area contributed by atoms with Gasteiger partial charge < -0.3 is 20.7 Å². The summed E-state index contributed by atoms with van der Waals surface area (Å²) < 4.78 is 5.65. The molecule has 1 aliphatic heterocycles. The number of nitrogens with two attached hydrogens (primary N) is 1. The number of nitrogen functional groups attached to an aromatic ring is 1. The van der Waals surface area contributed by atoms with Crippen LogP contribution in [0.15, 0.2) is 24.3 Å². The Morgan fingerprint density at radius 2 is 2.37 bits per heavy atom. The average Bonchev–Trinajstić information content (AvgIpc) is 2.38. The predicted molar refractivity (Wildman–Crippen MR) is 75.0 cm³/mol. The molecule has 1 aromatic carbocycles. The minimum atomic E-state index is -0.493. The van der Waals surface area contributed by atoms with Crippen LogP contribution in [0.2, 0.25) is 0 Å². The third-order valence-electron chi connectivity index (χ3n) is 3.20. The third kappa shape index (κ3) is 3.61. The van der Waals surface area contributed by atoms with Crippen molar-refractivity contribution in [3.05, 3.63) is 24.3 Å². The maximum atomic E-state index is 12.3. The molecule has 0 saturated carbocycles. The highest BCUT2D eigenvalue weighted by molar-refractivity contribution is 5.81. The summed E-state index contributed by atoms with van der Waals surface area (Å²) in [6, 6.07) is 7.47. The Kier molecular flexibility index (Phi) is 4.27. The first-order valence-electron chi connectivity index (χ1n) is 6.60. The molecule has 1 aromatic rings. The maximum absolute atomic E-state index is 12.3. The summed E-state index contributed by atoms with van der Waals surface area (Å²) in [5.41, 5.74) is 6.32. The highest BCUT2D eigenvalue weighted by Gasteiger charge is 2.25. The fourth-order valence-electron chi connectivity index (χ4n) is 2.23. The molecule has 1 saturated heterocycles. The van der Waals surface area contributed by atoms with E-state index in [1.165, 1.54) is 0 Å². The van der Waals surface area contributed by atoms with Gasteiger partial charge in [-0.15, -0.1) is 0 Å². The standard InChI is InChI=1S/C14H21N3O2/c1-10-9-17(7-6-16-10)14(18)11(2)19-13-5-3-4-12(15)8-13/h3-5,8,10-11,16H,6-7,9,15H2,1-2H3/t10-,11-/m1/s1. The van der Waals surface area contributed by atoms with Gasteiger partial charge in [0.1, 0.15) is 5.75 Å². The molecule has 2 atom stereocenters. The minimum absolute atomic E-state index is 0.0239. The van der Waals surface area contributed by atoms with Crippen LogP contribution in [0.25, 0.3) is 0 Å². The molecular weight excluding hydrogens is 242 g/mol. The lowest BCUT2D eigenvalue weighted by molar-refractivity contribution is -0.139. The van der Waals surface area contributed by atoms with Crippen molar-refractivity contribution in [3.8, 4) is 5.75 Å². The zero-order valence-corrected chi connectivity index (χ0v) is 11.4. The van der Waals surface area contributed by atoms with Gasteiger partial charge in [0.2, 0.25) is 0 Å². The Bertz CT molecular complexity index is 450. The molecule has 1 heterocycles. The Morgan fingerprint density at radius 3 is 3.05 bits per heavy atom. The van der Waals surface area contributed by atoms with Crippen LogP contribution in [-0.4, -0.2) is 42.6 Å². The molecule has 2 rings (SSSR count). The first kappa shape index (κ1) is 13.7. The van der Waals surface area contributed by atoms with Gasteiger partial charge in [-0.3, -0.25) is 4.79 Å².